The van der Waals surface area contributed by atoms with Gasteiger partial charge in [-0.3, -0.25) is 4.79 Å². The van der Waals surface area contributed by atoms with Crippen LogP contribution in [0.4, 0.5) is 4.39 Å². The van der Waals surface area contributed by atoms with Crippen LogP contribution in [0.2, 0.25) is 0 Å². The van der Waals surface area contributed by atoms with Crippen LogP contribution >= 0.6 is 38.5 Å². The molecule has 1 N–H and O–H groups in total. The molecule has 1 amide bonds. The Morgan fingerprint density at radius 1 is 1.62 bits per heavy atom. The molecule has 0 spiro atoms. The van der Waals surface area contributed by atoms with Gasteiger partial charge in [-0.05, 0) is 47.2 Å². The number of rotatable bonds is 4. The SMILES string of the molecule is CCC(CBr)NC(=O)c1ccc(F)cc1I. The molecule has 1 rings (SSSR count). The third kappa shape index (κ3) is 3.69. The number of hydrogen-bond acceptors (Lipinski definition) is 1. The first-order chi connectivity index (χ1) is 7.58. The summed E-state index contributed by atoms with van der Waals surface area (Å²) in [5, 5.41) is 3.60. The summed E-state index contributed by atoms with van der Waals surface area (Å²) in [5.74, 6) is -0.482. The van der Waals surface area contributed by atoms with Gasteiger partial charge in [-0.15, -0.1) is 0 Å². The molecule has 1 aromatic carbocycles. The largest absolute Gasteiger partial charge is 0.348 e. The molecule has 1 atom stereocenters. The molecule has 0 aromatic heterocycles. The molecule has 0 aliphatic carbocycles. The van der Waals surface area contributed by atoms with E-state index < -0.39 is 0 Å². The molecule has 1 aromatic rings. The molecule has 2 nitrogen and oxygen atoms in total. The lowest BCUT2D eigenvalue weighted by Crippen LogP contribution is -2.35. The second kappa shape index (κ2) is 6.54. The van der Waals surface area contributed by atoms with Gasteiger partial charge in [-0.2, -0.15) is 0 Å². The Morgan fingerprint density at radius 3 is 2.81 bits per heavy atom. The Kier molecular flexibility index (Phi) is 5.68. The maximum absolute atomic E-state index is 12.9. The van der Waals surface area contributed by atoms with Crippen LogP contribution in [0.25, 0.3) is 0 Å². The molecule has 16 heavy (non-hydrogen) atoms. The van der Waals surface area contributed by atoms with Crippen molar-refractivity contribution in [2.24, 2.45) is 0 Å². The molecule has 1 unspecified atom stereocenters. The van der Waals surface area contributed by atoms with E-state index in [1.165, 1.54) is 18.2 Å². The quantitative estimate of drug-likeness (QED) is 0.610. The van der Waals surface area contributed by atoms with Crippen LogP contribution < -0.4 is 5.32 Å². The fourth-order valence-electron chi connectivity index (χ4n) is 1.19. The number of hydrogen-bond donors (Lipinski definition) is 1. The molecule has 0 aliphatic rings. The smallest absolute Gasteiger partial charge is 0.252 e. The van der Waals surface area contributed by atoms with Gasteiger partial charge in [0.2, 0.25) is 0 Å². The fraction of sp³-hybridized carbons (Fsp3) is 0.364. The number of nitrogens with one attached hydrogen (secondary N) is 1. The summed E-state index contributed by atoms with van der Waals surface area (Å²) in [6.45, 7) is 2.00. The Hall–Kier alpha value is -0.170. The molecule has 88 valence electrons. The highest BCUT2D eigenvalue weighted by Gasteiger charge is 2.13. The van der Waals surface area contributed by atoms with E-state index >= 15 is 0 Å². The van der Waals surface area contributed by atoms with Crippen LogP contribution in [0.3, 0.4) is 0 Å². The van der Waals surface area contributed by atoms with Gasteiger partial charge in [-0.1, -0.05) is 22.9 Å². The van der Waals surface area contributed by atoms with Crippen molar-refractivity contribution >= 4 is 44.4 Å². The Bertz CT molecular complexity index is 382. The highest BCUT2D eigenvalue weighted by atomic mass is 127. The zero-order valence-electron chi connectivity index (χ0n) is 8.77. The summed E-state index contributed by atoms with van der Waals surface area (Å²) in [7, 11) is 0. The highest BCUT2D eigenvalue weighted by molar-refractivity contribution is 14.1. The van der Waals surface area contributed by atoms with Crippen molar-refractivity contribution in [3.05, 3.63) is 33.1 Å². The van der Waals surface area contributed by atoms with Gasteiger partial charge < -0.3 is 5.32 Å². The topological polar surface area (TPSA) is 29.1 Å². The molecule has 5 heteroatoms. The Labute approximate surface area is 116 Å². The number of alkyl halides is 1. The van der Waals surface area contributed by atoms with Crippen molar-refractivity contribution in [3.8, 4) is 0 Å². The second-order valence-corrected chi connectivity index (χ2v) is 5.17. The molecule has 0 bridgehead atoms. The van der Waals surface area contributed by atoms with Crippen LogP contribution in [0.1, 0.15) is 23.7 Å². The monoisotopic (exact) mass is 399 g/mol. The van der Waals surface area contributed by atoms with Gasteiger partial charge in [0.15, 0.2) is 0 Å². The Morgan fingerprint density at radius 2 is 2.31 bits per heavy atom. The van der Waals surface area contributed by atoms with Crippen LogP contribution in [-0.2, 0) is 0 Å². The molecule has 0 saturated carbocycles. The number of amides is 1. The van der Waals surface area contributed by atoms with E-state index in [0.717, 1.165) is 6.42 Å². The van der Waals surface area contributed by atoms with Gasteiger partial charge in [0.25, 0.3) is 5.91 Å². The van der Waals surface area contributed by atoms with Crippen molar-refractivity contribution in [2.45, 2.75) is 19.4 Å². The highest BCUT2D eigenvalue weighted by Crippen LogP contribution is 2.14. The molecule has 0 radical (unpaired) electrons. The summed E-state index contributed by atoms with van der Waals surface area (Å²) in [5.41, 5.74) is 0.515. The van der Waals surface area contributed by atoms with Crippen molar-refractivity contribution in [1.82, 2.24) is 5.32 Å². The van der Waals surface area contributed by atoms with Gasteiger partial charge in [0.05, 0.1) is 5.56 Å². The minimum absolute atomic E-state index is 0.105. The van der Waals surface area contributed by atoms with Gasteiger partial charge in [-0.25, -0.2) is 4.39 Å². The number of carbonyl (C=O) groups excluding carboxylic acids is 1. The van der Waals surface area contributed by atoms with Crippen LogP contribution in [-0.4, -0.2) is 17.3 Å². The summed E-state index contributed by atoms with van der Waals surface area (Å²) >= 11 is 5.29. The summed E-state index contributed by atoms with van der Waals surface area (Å²) in [6.07, 6.45) is 0.856. The molecular formula is C11H12BrFINO. The zero-order chi connectivity index (χ0) is 12.1. The van der Waals surface area contributed by atoms with E-state index in [1.54, 1.807) is 0 Å². The van der Waals surface area contributed by atoms with Gasteiger partial charge in [0.1, 0.15) is 5.82 Å². The van der Waals surface area contributed by atoms with Crippen LogP contribution in [0.5, 0.6) is 0 Å². The summed E-state index contributed by atoms with van der Waals surface area (Å²) in [6, 6.07) is 4.26. The lowest BCUT2D eigenvalue weighted by molar-refractivity contribution is 0.0939. The van der Waals surface area contributed by atoms with E-state index in [1.807, 2.05) is 29.5 Å². The lowest BCUT2D eigenvalue weighted by atomic mass is 10.2. The van der Waals surface area contributed by atoms with Crippen molar-refractivity contribution in [2.75, 3.05) is 5.33 Å². The lowest BCUT2D eigenvalue weighted by Gasteiger charge is -2.14. The molecule has 0 aliphatic heterocycles. The maximum atomic E-state index is 12.9. The third-order valence-corrected chi connectivity index (χ3v) is 3.86. The summed E-state index contributed by atoms with van der Waals surface area (Å²) in [4.78, 5) is 11.8. The fourth-order valence-corrected chi connectivity index (χ4v) is 2.53. The first-order valence-corrected chi connectivity index (χ1v) is 7.10. The van der Waals surface area contributed by atoms with Crippen molar-refractivity contribution in [1.29, 1.82) is 0 Å². The molecule has 0 heterocycles. The first kappa shape index (κ1) is 13.9. The summed E-state index contributed by atoms with van der Waals surface area (Å²) < 4.78 is 13.5. The number of halogens is 3. The molecule has 0 fully saturated rings. The Balaban J connectivity index is 2.80. The normalized spacial score (nSPS) is 12.2. The van der Waals surface area contributed by atoms with E-state index in [2.05, 4.69) is 21.2 Å². The van der Waals surface area contributed by atoms with Crippen LogP contribution in [0, 0.1) is 9.39 Å². The number of benzene rings is 1. The van der Waals surface area contributed by atoms with E-state index in [9.17, 15) is 9.18 Å². The van der Waals surface area contributed by atoms with Crippen molar-refractivity contribution in [3.63, 3.8) is 0 Å². The molecule has 0 saturated heterocycles. The molecular weight excluding hydrogens is 388 g/mol. The minimum atomic E-state index is -0.325. The van der Waals surface area contributed by atoms with E-state index in [0.29, 0.717) is 14.5 Å². The predicted molar refractivity (Wildman–Crippen MR) is 74.5 cm³/mol. The average Bonchev–Trinajstić information content (AvgIpc) is 2.25. The average molecular weight is 400 g/mol. The third-order valence-electron chi connectivity index (χ3n) is 2.19. The van der Waals surface area contributed by atoms with Crippen LogP contribution in [0.15, 0.2) is 18.2 Å². The zero-order valence-corrected chi connectivity index (χ0v) is 12.5. The van der Waals surface area contributed by atoms with Crippen molar-refractivity contribution < 1.29 is 9.18 Å². The van der Waals surface area contributed by atoms with Gasteiger partial charge in [0, 0.05) is 14.9 Å². The standard InChI is InChI=1S/C11H12BrFINO/c1-2-8(6-12)15-11(16)9-4-3-7(13)5-10(9)14/h3-5,8H,2,6H2,1H3,(H,15,16). The first-order valence-electron chi connectivity index (χ1n) is 4.90. The van der Waals surface area contributed by atoms with E-state index in [-0.39, 0.29) is 17.8 Å². The maximum Gasteiger partial charge on any atom is 0.252 e. The number of carbonyl (C=O) groups is 1. The second-order valence-electron chi connectivity index (χ2n) is 3.36. The predicted octanol–water partition coefficient (Wildman–Crippen LogP) is 3.33. The minimum Gasteiger partial charge on any atom is -0.348 e. The van der Waals surface area contributed by atoms with Gasteiger partial charge >= 0.3 is 0 Å². The van der Waals surface area contributed by atoms with E-state index in [4.69, 9.17) is 0 Å².